The molecule has 3 atom stereocenters. The Hall–Kier alpha value is -2.96. The van der Waals surface area contributed by atoms with Crippen molar-refractivity contribution in [3.63, 3.8) is 0 Å². The van der Waals surface area contributed by atoms with Crippen molar-refractivity contribution in [3.05, 3.63) is 85.1 Å². The van der Waals surface area contributed by atoms with Crippen molar-refractivity contribution in [1.82, 2.24) is 5.32 Å². The van der Waals surface area contributed by atoms with Gasteiger partial charge in [-0.25, -0.2) is 0 Å². The Labute approximate surface area is 363 Å². The van der Waals surface area contributed by atoms with Gasteiger partial charge in [-0.05, 0) is 76.7 Å². The molecule has 0 aliphatic heterocycles. The van der Waals surface area contributed by atoms with E-state index in [2.05, 4.69) is 99.0 Å². The van der Waals surface area contributed by atoms with Gasteiger partial charge < -0.3 is 20.3 Å². The fourth-order valence-corrected chi connectivity index (χ4v) is 6.79. The molecule has 1 amide bonds. The smallest absolute Gasteiger partial charge is 0.306 e. The number of hydrogen-bond donors (Lipinski definition) is 3. The van der Waals surface area contributed by atoms with E-state index < -0.39 is 18.2 Å². The quantitative estimate of drug-likeness (QED) is 0.0247. The molecular formula is C53H91NO5. The number of ether oxygens (including phenoxy) is 1. The molecule has 0 saturated carbocycles. The van der Waals surface area contributed by atoms with Crippen LogP contribution >= 0.6 is 0 Å². The molecule has 0 fully saturated rings. The summed E-state index contributed by atoms with van der Waals surface area (Å²) in [4.78, 5) is 26.0. The van der Waals surface area contributed by atoms with Crippen molar-refractivity contribution < 1.29 is 24.5 Å². The Balaban J connectivity index is 4.79. The minimum atomic E-state index is -0.823. The van der Waals surface area contributed by atoms with Gasteiger partial charge in [-0.2, -0.15) is 0 Å². The topological polar surface area (TPSA) is 95.9 Å². The van der Waals surface area contributed by atoms with Crippen LogP contribution in [0.3, 0.4) is 0 Å². The maximum absolute atomic E-state index is 13.1. The largest absolute Gasteiger partial charge is 0.458 e. The third kappa shape index (κ3) is 41.6. The number of carbonyl (C=O) groups is 2. The SMILES string of the molecule is CC/C=C/C/C=C/C/C=C/C/C=C/C/C=C/C(CC(=O)NC(CO)C(O)CCCCCCCCCCCCC)OC(=O)CCCCCCCC/C=C/C=C/CCCCC. The van der Waals surface area contributed by atoms with Crippen LogP contribution in [0.2, 0.25) is 0 Å². The molecule has 59 heavy (non-hydrogen) atoms. The summed E-state index contributed by atoms with van der Waals surface area (Å²) in [6, 6.07) is -0.747. The Morgan fingerprint density at radius 1 is 0.542 bits per heavy atom. The van der Waals surface area contributed by atoms with Crippen LogP contribution < -0.4 is 5.32 Å². The first kappa shape index (κ1) is 56.0. The van der Waals surface area contributed by atoms with Crippen LogP contribution in [0.25, 0.3) is 0 Å². The van der Waals surface area contributed by atoms with Crippen molar-refractivity contribution in [2.45, 2.75) is 232 Å². The van der Waals surface area contributed by atoms with Gasteiger partial charge >= 0.3 is 5.97 Å². The Morgan fingerprint density at radius 2 is 0.983 bits per heavy atom. The van der Waals surface area contributed by atoms with Crippen LogP contribution in [0.15, 0.2) is 85.1 Å². The maximum atomic E-state index is 13.1. The van der Waals surface area contributed by atoms with Gasteiger partial charge in [-0.3, -0.25) is 9.59 Å². The van der Waals surface area contributed by atoms with Gasteiger partial charge in [-0.15, -0.1) is 0 Å². The molecule has 0 rings (SSSR count). The molecule has 3 N–H and O–H groups in total. The zero-order chi connectivity index (χ0) is 43.1. The van der Waals surface area contributed by atoms with Crippen molar-refractivity contribution in [2.75, 3.05) is 6.61 Å². The van der Waals surface area contributed by atoms with E-state index in [0.717, 1.165) is 77.0 Å². The van der Waals surface area contributed by atoms with E-state index >= 15 is 0 Å². The fourth-order valence-electron chi connectivity index (χ4n) is 6.79. The zero-order valence-corrected chi connectivity index (χ0v) is 38.4. The van der Waals surface area contributed by atoms with E-state index in [0.29, 0.717) is 19.3 Å². The number of amides is 1. The van der Waals surface area contributed by atoms with Crippen LogP contribution in [0.5, 0.6) is 0 Å². The monoisotopic (exact) mass is 822 g/mol. The summed E-state index contributed by atoms with van der Waals surface area (Å²) < 4.78 is 5.80. The van der Waals surface area contributed by atoms with Crippen molar-refractivity contribution >= 4 is 11.9 Å². The number of carbonyl (C=O) groups excluding carboxylic acids is 2. The molecule has 0 bridgehead atoms. The van der Waals surface area contributed by atoms with Crippen LogP contribution in [0.1, 0.15) is 213 Å². The highest BCUT2D eigenvalue weighted by Crippen LogP contribution is 2.15. The number of hydrogen-bond acceptors (Lipinski definition) is 5. The second-order valence-corrected chi connectivity index (χ2v) is 16.2. The molecule has 0 aromatic heterocycles. The summed E-state index contributed by atoms with van der Waals surface area (Å²) in [5.41, 5.74) is 0. The summed E-state index contributed by atoms with van der Waals surface area (Å²) in [6.45, 7) is 6.28. The van der Waals surface area contributed by atoms with Gasteiger partial charge in [0.15, 0.2) is 0 Å². The third-order valence-corrected chi connectivity index (χ3v) is 10.5. The van der Waals surface area contributed by atoms with Crippen LogP contribution in [0, 0.1) is 0 Å². The van der Waals surface area contributed by atoms with E-state index in [9.17, 15) is 19.8 Å². The number of aliphatic hydroxyl groups is 2. The number of unbranched alkanes of at least 4 members (excludes halogenated alkanes) is 19. The molecule has 3 unspecified atom stereocenters. The number of aliphatic hydroxyl groups excluding tert-OH is 2. The van der Waals surface area contributed by atoms with Crippen molar-refractivity contribution in [3.8, 4) is 0 Å². The molecule has 0 radical (unpaired) electrons. The van der Waals surface area contributed by atoms with E-state index in [1.807, 2.05) is 6.08 Å². The van der Waals surface area contributed by atoms with E-state index in [1.54, 1.807) is 6.08 Å². The summed E-state index contributed by atoms with van der Waals surface area (Å²) in [7, 11) is 0. The lowest BCUT2D eigenvalue weighted by atomic mass is 10.0. The molecule has 0 aliphatic rings. The molecule has 6 nitrogen and oxygen atoms in total. The Bertz CT molecular complexity index is 1150. The lowest BCUT2D eigenvalue weighted by molar-refractivity contribution is -0.148. The Kier molecular flexibility index (Phi) is 43.8. The molecule has 338 valence electrons. The lowest BCUT2D eigenvalue weighted by Gasteiger charge is -2.23. The second kappa shape index (κ2) is 46.1. The third-order valence-electron chi connectivity index (χ3n) is 10.5. The second-order valence-electron chi connectivity index (χ2n) is 16.2. The highest BCUT2D eigenvalue weighted by molar-refractivity contribution is 5.78. The lowest BCUT2D eigenvalue weighted by Crippen LogP contribution is -2.46. The molecule has 0 saturated heterocycles. The predicted molar refractivity (Wildman–Crippen MR) is 254 cm³/mol. The van der Waals surface area contributed by atoms with Crippen LogP contribution in [0.4, 0.5) is 0 Å². The van der Waals surface area contributed by atoms with Crippen LogP contribution in [-0.2, 0) is 14.3 Å². The van der Waals surface area contributed by atoms with Gasteiger partial charge in [0, 0.05) is 6.42 Å². The fraction of sp³-hybridized carbons (Fsp3) is 0.698. The average Bonchev–Trinajstić information content (AvgIpc) is 3.23. The molecule has 0 heterocycles. The molecule has 0 aromatic rings. The normalized spacial score (nSPS) is 14.1. The Morgan fingerprint density at radius 3 is 1.51 bits per heavy atom. The number of allylic oxidation sites excluding steroid dienone is 13. The highest BCUT2D eigenvalue weighted by atomic mass is 16.5. The van der Waals surface area contributed by atoms with Crippen LogP contribution in [-0.4, -0.2) is 46.9 Å². The molecule has 0 aromatic carbocycles. The van der Waals surface area contributed by atoms with Gasteiger partial charge in [0.05, 0.1) is 25.2 Å². The highest BCUT2D eigenvalue weighted by Gasteiger charge is 2.23. The van der Waals surface area contributed by atoms with E-state index in [4.69, 9.17) is 4.74 Å². The number of nitrogens with one attached hydrogen (secondary N) is 1. The predicted octanol–water partition coefficient (Wildman–Crippen LogP) is 14.4. The van der Waals surface area contributed by atoms with Gasteiger partial charge in [0.1, 0.15) is 6.10 Å². The number of esters is 1. The summed E-state index contributed by atoms with van der Waals surface area (Å²) in [5.74, 6) is -0.648. The van der Waals surface area contributed by atoms with E-state index in [1.165, 1.54) is 89.9 Å². The first-order chi connectivity index (χ1) is 29.0. The molecule has 6 heteroatoms. The molecule has 0 spiro atoms. The first-order valence-corrected chi connectivity index (χ1v) is 24.3. The molecule has 0 aliphatic carbocycles. The minimum absolute atomic E-state index is 0.0544. The number of rotatable bonds is 42. The maximum Gasteiger partial charge on any atom is 0.306 e. The molecular weight excluding hydrogens is 731 g/mol. The zero-order valence-electron chi connectivity index (χ0n) is 38.4. The minimum Gasteiger partial charge on any atom is -0.458 e. The standard InChI is InChI=1S/C53H91NO5/c1-4-7-10-13-16-19-22-24-26-28-31-34-37-40-43-46-53(58)59-49(44-41-38-35-32-30-27-25-23-20-17-14-11-8-5-2)47-52(57)54-50(48-55)51(56)45-42-39-36-33-29-21-18-15-12-9-6-3/h8,11,16-17,19-20,22,24-25,27,32,35,41,44,49-51,55-56H,4-7,9-10,12-15,18,21,23,26,28-31,33-34,36-40,42-43,45-48H2,1-3H3,(H,54,57)/b11-8+,19-16+,20-17+,24-22+,27-25+,35-32+,44-41+. The van der Waals surface area contributed by atoms with Gasteiger partial charge in [0.25, 0.3) is 0 Å². The summed E-state index contributed by atoms with van der Waals surface area (Å²) in [6.07, 6.45) is 59.5. The first-order valence-electron chi connectivity index (χ1n) is 24.3. The van der Waals surface area contributed by atoms with Crippen molar-refractivity contribution in [1.29, 1.82) is 0 Å². The van der Waals surface area contributed by atoms with Crippen molar-refractivity contribution in [2.24, 2.45) is 0 Å². The van der Waals surface area contributed by atoms with Gasteiger partial charge in [-0.1, -0.05) is 209 Å². The summed E-state index contributed by atoms with van der Waals surface area (Å²) >= 11 is 0. The van der Waals surface area contributed by atoms with Gasteiger partial charge in [0.2, 0.25) is 5.91 Å². The van der Waals surface area contributed by atoms with E-state index in [-0.39, 0.29) is 24.9 Å². The summed E-state index contributed by atoms with van der Waals surface area (Å²) in [5, 5.41) is 23.6. The average molecular weight is 822 g/mol.